The van der Waals surface area contributed by atoms with Gasteiger partial charge in [-0.05, 0) is 18.7 Å². The van der Waals surface area contributed by atoms with Gasteiger partial charge >= 0.3 is 0 Å². The lowest BCUT2D eigenvalue weighted by molar-refractivity contribution is 0.313. The molecule has 1 fully saturated rings. The number of nitrogens with zero attached hydrogens (tertiary/aromatic N) is 1. The van der Waals surface area contributed by atoms with E-state index >= 15 is 0 Å². The van der Waals surface area contributed by atoms with Gasteiger partial charge in [0.25, 0.3) is 0 Å². The van der Waals surface area contributed by atoms with E-state index in [1.807, 2.05) is 6.07 Å². The highest BCUT2D eigenvalue weighted by atomic mass is 14.3. The summed E-state index contributed by atoms with van der Waals surface area (Å²) >= 11 is 0. The Kier molecular flexibility index (Phi) is 0.834. The van der Waals surface area contributed by atoms with Gasteiger partial charge in [0, 0.05) is 12.8 Å². The lowest BCUT2D eigenvalue weighted by atomic mass is 9.81. The van der Waals surface area contributed by atoms with Gasteiger partial charge in [0.1, 0.15) is 0 Å². The third kappa shape index (κ3) is 1.45. The summed E-state index contributed by atoms with van der Waals surface area (Å²) in [5.41, 5.74) is 0. The zero-order valence-corrected chi connectivity index (χ0v) is 5.39. The fraction of sp³-hybridized carbons (Fsp3) is 0.875. The van der Waals surface area contributed by atoms with Crippen LogP contribution in [-0.4, -0.2) is 0 Å². The van der Waals surface area contributed by atoms with Crippen molar-refractivity contribution in [2.24, 2.45) is 11.8 Å². The summed E-state index contributed by atoms with van der Waals surface area (Å²) in [6.45, 7) is 1.44. The topological polar surface area (TPSA) is 23.8 Å². The molecule has 0 aromatic rings. The zero-order valence-electron chi connectivity index (χ0n) is 10.4. The van der Waals surface area contributed by atoms with Crippen LogP contribution in [0.1, 0.15) is 39.4 Å². The van der Waals surface area contributed by atoms with Gasteiger partial charge in [-0.3, -0.25) is 0 Å². The Bertz CT molecular complexity index is 269. The van der Waals surface area contributed by atoms with E-state index in [0.29, 0.717) is 0 Å². The van der Waals surface area contributed by atoms with E-state index in [9.17, 15) is 0 Å². The van der Waals surface area contributed by atoms with Crippen LogP contribution in [0.15, 0.2) is 0 Å². The minimum absolute atomic E-state index is 0.118. The Balaban J connectivity index is 3.03. The standard InChI is InChI=1S/C8H13N/c1-7-4-2-3-5-8(7)6-9/h7-8H,2-5H2,1H3/t7-,8+/m1/s1/i2D,3D2,4D,7D/t2-,4-,7+,8-/m0. The first-order valence-corrected chi connectivity index (χ1v) is 2.97. The third-order valence-corrected chi connectivity index (χ3v) is 1.49. The molecular formula is C8H13N. The van der Waals surface area contributed by atoms with Gasteiger partial charge in [-0.25, -0.2) is 0 Å². The molecule has 0 unspecified atom stereocenters. The lowest BCUT2D eigenvalue weighted by Crippen LogP contribution is -2.14. The number of hydrogen-bond donors (Lipinski definition) is 0. The van der Waals surface area contributed by atoms with Crippen molar-refractivity contribution in [1.82, 2.24) is 0 Å². The molecule has 0 radical (unpaired) electrons. The van der Waals surface area contributed by atoms with Gasteiger partial charge in [-0.15, -0.1) is 0 Å². The minimum Gasteiger partial charge on any atom is -0.198 e. The molecule has 1 aliphatic carbocycles. The summed E-state index contributed by atoms with van der Waals surface area (Å²) < 4.78 is 37.9. The van der Waals surface area contributed by atoms with Crippen molar-refractivity contribution >= 4 is 0 Å². The molecule has 0 saturated heterocycles. The van der Waals surface area contributed by atoms with Gasteiger partial charge in [0.15, 0.2) is 0 Å². The first kappa shape index (κ1) is 2.62. The molecule has 1 aliphatic rings. The fourth-order valence-corrected chi connectivity index (χ4v) is 0.801. The summed E-state index contributed by atoms with van der Waals surface area (Å²) in [5.74, 6) is -2.14. The fourth-order valence-electron chi connectivity index (χ4n) is 0.801. The molecular weight excluding hydrogens is 110 g/mol. The highest BCUT2D eigenvalue weighted by Crippen LogP contribution is 2.28. The summed E-state index contributed by atoms with van der Waals surface area (Å²) in [5, 5.41) is 8.78. The largest absolute Gasteiger partial charge is 0.198 e. The number of hydrogen-bond acceptors (Lipinski definition) is 1. The van der Waals surface area contributed by atoms with Crippen molar-refractivity contribution in [2.75, 3.05) is 0 Å². The van der Waals surface area contributed by atoms with Gasteiger partial charge < -0.3 is 0 Å². The Morgan fingerprint density at radius 1 is 1.89 bits per heavy atom. The van der Waals surface area contributed by atoms with E-state index in [-0.39, 0.29) is 6.42 Å². The summed E-state index contributed by atoms with van der Waals surface area (Å²) in [7, 11) is 0. The van der Waals surface area contributed by atoms with Crippen LogP contribution in [0.3, 0.4) is 0 Å². The third-order valence-electron chi connectivity index (χ3n) is 1.49. The van der Waals surface area contributed by atoms with Gasteiger partial charge in [-0.2, -0.15) is 5.26 Å². The van der Waals surface area contributed by atoms with Crippen LogP contribution in [-0.2, 0) is 0 Å². The SMILES string of the molecule is [2H][C@@H]1[C@H]([2H])[C@@]([2H])(C)[C@H](C#N)CC1([2H])[2H]. The Morgan fingerprint density at radius 2 is 2.67 bits per heavy atom. The van der Waals surface area contributed by atoms with Crippen LogP contribution >= 0.6 is 0 Å². The van der Waals surface area contributed by atoms with Crippen LogP contribution in [0.4, 0.5) is 0 Å². The average molecular weight is 128 g/mol. The molecule has 9 heavy (non-hydrogen) atoms. The van der Waals surface area contributed by atoms with Crippen molar-refractivity contribution in [1.29, 1.82) is 5.26 Å². The molecule has 1 saturated carbocycles. The Labute approximate surface area is 63.7 Å². The summed E-state index contributed by atoms with van der Waals surface area (Å²) in [4.78, 5) is 0. The van der Waals surface area contributed by atoms with Crippen LogP contribution in [0.2, 0.25) is 0 Å². The highest BCUT2D eigenvalue weighted by molar-refractivity contribution is 4.88. The van der Waals surface area contributed by atoms with Gasteiger partial charge in [0.2, 0.25) is 0 Å². The number of rotatable bonds is 0. The second kappa shape index (κ2) is 2.87. The molecule has 50 valence electrons. The molecule has 0 amide bonds. The molecule has 4 atom stereocenters. The van der Waals surface area contributed by atoms with Crippen LogP contribution in [0, 0.1) is 23.1 Å². The number of nitriles is 1. The highest BCUT2D eigenvalue weighted by Gasteiger charge is 2.19. The second-order valence-electron chi connectivity index (χ2n) is 2.17. The molecule has 1 heteroatoms. The van der Waals surface area contributed by atoms with E-state index in [0.717, 1.165) is 0 Å². The lowest BCUT2D eigenvalue weighted by Gasteiger charge is -2.22. The first-order chi connectivity index (χ1) is 6.23. The van der Waals surface area contributed by atoms with Gasteiger partial charge in [0.05, 0.1) is 6.07 Å². The minimum atomic E-state index is -1.83. The summed E-state index contributed by atoms with van der Waals surface area (Å²) in [6.07, 6.45) is -4.36. The predicted octanol–water partition coefficient (Wildman–Crippen LogP) is 2.34. The molecule has 0 aromatic heterocycles. The van der Waals surface area contributed by atoms with E-state index in [1.54, 1.807) is 0 Å². The second-order valence-corrected chi connectivity index (χ2v) is 2.17. The maximum Gasteiger partial charge on any atom is 0.0658 e. The van der Waals surface area contributed by atoms with E-state index in [1.165, 1.54) is 6.92 Å². The van der Waals surface area contributed by atoms with Crippen molar-refractivity contribution in [3.05, 3.63) is 0 Å². The van der Waals surface area contributed by atoms with Crippen LogP contribution < -0.4 is 0 Å². The maximum absolute atomic E-state index is 8.78. The quantitative estimate of drug-likeness (QED) is 0.491. The molecule has 1 rings (SSSR count). The van der Waals surface area contributed by atoms with Crippen molar-refractivity contribution in [3.8, 4) is 6.07 Å². The summed E-state index contributed by atoms with van der Waals surface area (Å²) in [6, 6.07) is 1.87. The van der Waals surface area contributed by atoms with Crippen LogP contribution in [0.5, 0.6) is 0 Å². The molecule has 0 aliphatic heterocycles. The predicted molar refractivity (Wildman–Crippen MR) is 36.7 cm³/mol. The molecule has 0 bridgehead atoms. The van der Waals surface area contributed by atoms with Crippen LogP contribution in [0.25, 0.3) is 0 Å². The molecule has 1 nitrogen and oxygen atoms in total. The van der Waals surface area contributed by atoms with Crippen molar-refractivity contribution in [3.63, 3.8) is 0 Å². The van der Waals surface area contributed by atoms with Crippen molar-refractivity contribution in [2.45, 2.75) is 32.5 Å². The molecule has 0 heterocycles. The maximum atomic E-state index is 8.78. The van der Waals surface area contributed by atoms with Gasteiger partial charge in [-0.1, -0.05) is 19.7 Å². The van der Waals surface area contributed by atoms with Crippen molar-refractivity contribution < 1.29 is 6.85 Å². The molecule has 0 spiro atoms. The monoisotopic (exact) mass is 128 g/mol. The zero-order chi connectivity index (χ0) is 11.1. The average Bonchev–Trinajstić information content (AvgIpc) is 2.09. The normalized spacial score (nSPS) is 73.8. The van der Waals surface area contributed by atoms with E-state index < -0.39 is 31.0 Å². The first-order valence-electron chi connectivity index (χ1n) is 5.63. The molecule has 0 aromatic carbocycles. The Morgan fingerprint density at radius 3 is 3.33 bits per heavy atom. The van der Waals surface area contributed by atoms with E-state index in [2.05, 4.69) is 0 Å². The van der Waals surface area contributed by atoms with E-state index in [4.69, 9.17) is 12.1 Å². The smallest absolute Gasteiger partial charge is 0.0658 e. The Hall–Kier alpha value is -0.510. The molecule has 0 N–H and O–H groups in total.